The Balaban J connectivity index is 0.00000220. The number of nitrogens with two attached hydrogens (primary N) is 1. The average molecular weight is 315 g/mol. The van der Waals surface area contributed by atoms with Gasteiger partial charge in [-0.05, 0) is 49.9 Å². The maximum absolute atomic E-state index is 12.5. The molecule has 1 amide bonds. The van der Waals surface area contributed by atoms with Crippen LogP contribution in [0.2, 0.25) is 0 Å². The first kappa shape index (κ1) is 17.6. The molecule has 3 N–H and O–H groups in total. The van der Waals surface area contributed by atoms with Crippen LogP contribution < -0.4 is 10.5 Å². The van der Waals surface area contributed by atoms with Gasteiger partial charge in [0.15, 0.2) is 0 Å². The zero-order chi connectivity index (χ0) is 14.5. The second-order valence-corrected chi connectivity index (χ2v) is 5.22. The van der Waals surface area contributed by atoms with Crippen molar-refractivity contribution in [3.8, 4) is 11.5 Å². The predicted molar refractivity (Wildman–Crippen MR) is 84.2 cm³/mol. The van der Waals surface area contributed by atoms with E-state index in [0.717, 1.165) is 25.8 Å². The van der Waals surface area contributed by atoms with Gasteiger partial charge >= 0.3 is 0 Å². The van der Waals surface area contributed by atoms with Gasteiger partial charge in [0.2, 0.25) is 0 Å². The summed E-state index contributed by atoms with van der Waals surface area (Å²) in [6.07, 6.45) is 3.04. The maximum Gasteiger partial charge on any atom is 0.257 e. The molecule has 0 aliphatic carbocycles. The number of methoxy groups -OCH3 is 1. The molecule has 2 rings (SSSR count). The normalized spacial score (nSPS) is 18.0. The fraction of sp³-hybridized carbons (Fsp3) is 0.533. The fourth-order valence-corrected chi connectivity index (χ4v) is 2.70. The largest absolute Gasteiger partial charge is 0.507 e. The van der Waals surface area contributed by atoms with E-state index in [1.54, 1.807) is 24.1 Å². The highest BCUT2D eigenvalue weighted by atomic mass is 35.5. The number of rotatable bonds is 4. The third-order valence-corrected chi connectivity index (χ3v) is 3.82. The fourth-order valence-electron chi connectivity index (χ4n) is 2.70. The van der Waals surface area contributed by atoms with Crippen molar-refractivity contribution in [2.45, 2.75) is 19.3 Å². The smallest absolute Gasteiger partial charge is 0.257 e. The zero-order valence-corrected chi connectivity index (χ0v) is 13.1. The molecular weight excluding hydrogens is 292 g/mol. The summed E-state index contributed by atoms with van der Waals surface area (Å²) in [6.45, 7) is 2.10. The number of benzene rings is 1. The van der Waals surface area contributed by atoms with Gasteiger partial charge in [0, 0.05) is 13.1 Å². The Kier molecular flexibility index (Phi) is 6.78. The summed E-state index contributed by atoms with van der Waals surface area (Å²) < 4.78 is 5.11. The summed E-state index contributed by atoms with van der Waals surface area (Å²) in [4.78, 5) is 14.3. The molecule has 6 heteroatoms. The lowest BCUT2D eigenvalue weighted by Gasteiger charge is -2.32. The summed E-state index contributed by atoms with van der Waals surface area (Å²) in [6, 6.07) is 4.72. The number of hydrogen-bond donors (Lipinski definition) is 2. The lowest BCUT2D eigenvalue weighted by Crippen LogP contribution is -2.40. The quantitative estimate of drug-likeness (QED) is 0.891. The Hall–Kier alpha value is -1.46. The van der Waals surface area contributed by atoms with Crippen molar-refractivity contribution in [1.82, 2.24) is 4.90 Å². The monoisotopic (exact) mass is 314 g/mol. The van der Waals surface area contributed by atoms with Crippen LogP contribution in [0.3, 0.4) is 0 Å². The number of phenolic OH excluding ortho intramolecular Hbond substituents is 1. The number of likely N-dealkylation sites (tertiary alicyclic amines) is 1. The van der Waals surface area contributed by atoms with Crippen LogP contribution in [0.5, 0.6) is 11.5 Å². The molecule has 1 fully saturated rings. The summed E-state index contributed by atoms with van der Waals surface area (Å²) in [5.74, 6) is 0.895. The Morgan fingerprint density at radius 1 is 1.52 bits per heavy atom. The van der Waals surface area contributed by atoms with Crippen molar-refractivity contribution in [2.24, 2.45) is 11.7 Å². The molecule has 1 aromatic rings. The molecule has 1 aliphatic rings. The highest BCUT2D eigenvalue weighted by Gasteiger charge is 2.25. The van der Waals surface area contributed by atoms with E-state index in [2.05, 4.69) is 0 Å². The summed E-state index contributed by atoms with van der Waals surface area (Å²) in [5, 5.41) is 9.88. The SMILES string of the molecule is COc1ccc(O)c(C(=O)N2CCCC(CCN)C2)c1.Cl. The number of phenols is 1. The molecular formula is C15H23ClN2O3. The summed E-state index contributed by atoms with van der Waals surface area (Å²) >= 11 is 0. The Morgan fingerprint density at radius 3 is 2.95 bits per heavy atom. The molecule has 1 aliphatic heterocycles. The first-order chi connectivity index (χ1) is 9.65. The van der Waals surface area contributed by atoms with Crippen molar-refractivity contribution in [3.05, 3.63) is 23.8 Å². The van der Waals surface area contributed by atoms with E-state index in [4.69, 9.17) is 10.5 Å². The van der Waals surface area contributed by atoms with Crippen LogP contribution in [0.4, 0.5) is 0 Å². The van der Waals surface area contributed by atoms with Gasteiger partial charge in [-0.3, -0.25) is 4.79 Å². The second-order valence-electron chi connectivity index (χ2n) is 5.22. The lowest BCUT2D eigenvalue weighted by molar-refractivity contribution is 0.0666. The second kappa shape index (κ2) is 8.10. The number of nitrogens with zero attached hydrogens (tertiary/aromatic N) is 1. The first-order valence-corrected chi connectivity index (χ1v) is 7.02. The highest BCUT2D eigenvalue weighted by molar-refractivity contribution is 5.97. The molecule has 118 valence electrons. The highest BCUT2D eigenvalue weighted by Crippen LogP contribution is 2.27. The minimum absolute atomic E-state index is 0. The number of amides is 1. The van der Waals surface area contributed by atoms with Gasteiger partial charge in [0.25, 0.3) is 5.91 Å². The topological polar surface area (TPSA) is 75.8 Å². The van der Waals surface area contributed by atoms with Crippen molar-refractivity contribution in [3.63, 3.8) is 0 Å². The van der Waals surface area contributed by atoms with Crippen LogP contribution in [0.1, 0.15) is 29.6 Å². The molecule has 0 saturated carbocycles. The molecule has 1 saturated heterocycles. The number of ether oxygens (including phenoxy) is 1. The van der Waals surface area contributed by atoms with Crippen LogP contribution in [-0.2, 0) is 0 Å². The molecule has 1 aromatic carbocycles. The van der Waals surface area contributed by atoms with Gasteiger partial charge in [-0.15, -0.1) is 12.4 Å². The molecule has 1 atom stereocenters. The van der Waals surface area contributed by atoms with Crippen molar-refractivity contribution in [1.29, 1.82) is 0 Å². The molecule has 0 bridgehead atoms. The van der Waals surface area contributed by atoms with Crippen LogP contribution in [-0.4, -0.2) is 42.7 Å². The van der Waals surface area contributed by atoms with E-state index in [1.165, 1.54) is 6.07 Å². The van der Waals surface area contributed by atoms with E-state index >= 15 is 0 Å². The Bertz CT molecular complexity index is 480. The van der Waals surface area contributed by atoms with Gasteiger partial charge in [0.05, 0.1) is 12.7 Å². The standard InChI is InChI=1S/C15H22N2O3.ClH/c1-20-12-4-5-14(18)13(9-12)15(19)17-8-2-3-11(10-17)6-7-16;/h4-5,9,11,18H,2-3,6-8,10,16H2,1H3;1H. The van der Waals surface area contributed by atoms with Gasteiger partial charge in [-0.25, -0.2) is 0 Å². The predicted octanol–water partition coefficient (Wildman–Crippen LogP) is 2.02. The van der Waals surface area contributed by atoms with Gasteiger partial charge in [-0.2, -0.15) is 0 Å². The van der Waals surface area contributed by atoms with Crippen molar-refractivity contribution >= 4 is 18.3 Å². The van der Waals surface area contributed by atoms with Crippen LogP contribution in [0.15, 0.2) is 18.2 Å². The number of carbonyl (C=O) groups is 1. The Labute approximate surface area is 131 Å². The molecule has 5 nitrogen and oxygen atoms in total. The van der Waals surface area contributed by atoms with E-state index in [1.807, 2.05) is 0 Å². The van der Waals surface area contributed by atoms with E-state index in [-0.39, 0.29) is 24.1 Å². The van der Waals surface area contributed by atoms with E-state index < -0.39 is 0 Å². The van der Waals surface area contributed by atoms with Crippen molar-refractivity contribution in [2.75, 3.05) is 26.7 Å². The lowest BCUT2D eigenvalue weighted by atomic mass is 9.94. The van der Waals surface area contributed by atoms with Crippen LogP contribution >= 0.6 is 12.4 Å². The van der Waals surface area contributed by atoms with Crippen molar-refractivity contribution < 1.29 is 14.6 Å². The zero-order valence-electron chi connectivity index (χ0n) is 12.2. The van der Waals surface area contributed by atoms with E-state index in [0.29, 0.717) is 30.3 Å². The number of carbonyl (C=O) groups excluding carboxylic acids is 1. The minimum Gasteiger partial charge on any atom is -0.507 e. The number of piperidine rings is 1. The summed E-state index contributed by atoms with van der Waals surface area (Å²) in [5.41, 5.74) is 5.90. The minimum atomic E-state index is -0.136. The van der Waals surface area contributed by atoms with Gasteiger partial charge in [-0.1, -0.05) is 0 Å². The van der Waals surface area contributed by atoms with Crippen LogP contribution in [0.25, 0.3) is 0 Å². The third-order valence-electron chi connectivity index (χ3n) is 3.82. The van der Waals surface area contributed by atoms with Crippen LogP contribution in [0, 0.1) is 5.92 Å². The Morgan fingerprint density at radius 2 is 2.29 bits per heavy atom. The molecule has 0 radical (unpaired) electrons. The maximum atomic E-state index is 12.5. The van der Waals surface area contributed by atoms with E-state index in [9.17, 15) is 9.90 Å². The molecule has 1 heterocycles. The molecule has 1 unspecified atom stereocenters. The number of halogens is 1. The average Bonchev–Trinajstić information content (AvgIpc) is 2.48. The summed E-state index contributed by atoms with van der Waals surface area (Å²) in [7, 11) is 1.54. The molecule has 0 aromatic heterocycles. The first-order valence-electron chi connectivity index (χ1n) is 7.02. The third kappa shape index (κ3) is 4.25. The number of aromatic hydroxyl groups is 1. The van der Waals surface area contributed by atoms with Gasteiger partial charge in [0.1, 0.15) is 11.5 Å². The molecule has 21 heavy (non-hydrogen) atoms. The number of hydrogen-bond acceptors (Lipinski definition) is 4. The van der Waals surface area contributed by atoms with Gasteiger partial charge < -0.3 is 20.5 Å². The molecule has 0 spiro atoms.